The van der Waals surface area contributed by atoms with E-state index in [9.17, 15) is 4.79 Å². The van der Waals surface area contributed by atoms with Crippen LogP contribution in [0.5, 0.6) is 5.75 Å². The number of hydrogen-bond donors (Lipinski definition) is 1. The third-order valence-corrected chi connectivity index (χ3v) is 4.60. The van der Waals surface area contributed by atoms with E-state index in [-0.39, 0.29) is 11.2 Å². The van der Waals surface area contributed by atoms with E-state index in [1.54, 1.807) is 18.9 Å². The fourth-order valence-electron chi connectivity index (χ4n) is 2.35. The number of nitrogens with one attached hydrogen (secondary N) is 1. The van der Waals surface area contributed by atoms with Crippen molar-refractivity contribution in [3.05, 3.63) is 24.3 Å². The quantitative estimate of drug-likeness (QED) is 0.841. The highest BCUT2D eigenvalue weighted by atomic mass is 32.2. The summed E-state index contributed by atoms with van der Waals surface area (Å²) in [5.41, 5.74) is 0. The summed E-state index contributed by atoms with van der Waals surface area (Å²) in [4.78, 5) is 13.1. The second-order valence-corrected chi connectivity index (χ2v) is 6.28. The lowest BCUT2D eigenvalue weighted by Crippen LogP contribution is -2.37. The SMILES string of the molecule is COc1ccccc1S[C@@H](C)C(=O)NC1CCCC1. The van der Waals surface area contributed by atoms with Crippen LogP contribution >= 0.6 is 11.8 Å². The van der Waals surface area contributed by atoms with Gasteiger partial charge in [-0.2, -0.15) is 0 Å². The van der Waals surface area contributed by atoms with Crippen LogP contribution in [0.15, 0.2) is 29.2 Å². The Kier molecular flexibility index (Phi) is 5.14. The lowest BCUT2D eigenvalue weighted by Gasteiger charge is -2.17. The molecule has 1 aliphatic carbocycles. The van der Waals surface area contributed by atoms with Crippen molar-refractivity contribution >= 4 is 17.7 Å². The van der Waals surface area contributed by atoms with Crippen LogP contribution in [0, 0.1) is 0 Å². The lowest BCUT2D eigenvalue weighted by atomic mass is 10.2. The number of carbonyl (C=O) groups excluding carboxylic acids is 1. The molecule has 1 amide bonds. The zero-order valence-electron chi connectivity index (χ0n) is 11.5. The summed E-state index contributed by atoms with van der Waals surface area (Å²) in [7, 11) is 1.66. The van der Waals surface area contributed by atoms with Gasteiger partial charge in [-0.1, -0.05) is 25.0 Å². The van der Waals surface area contributed by atoms with Crippen molar-refractivity contribution in [3.63, 3.8) is 0 Å². The maximum absolute atomic E-state index is 12.1. The third-order valence-electron chi connectivity index (χ3n) is 3.44. The number of methoxy groups -OCH3 is 1. The van der Waals surface area contributed by atoms with Gasteiger partial charge < -0.3 is 10.1 Å². The van der Waals surface area contributed by atoms with E-state index in [1.165, 1.54) is 12.8 Å². The molecule has 1 N–H and O–H groups in total. The van der Waals surface area contributed by atoms with E-state index < -0.39 is 0 Å². The van der Waals surface area contributed by atoms with Crippen LogP contribution in [0.4, 0.5) is 0 Å². The molecule has 1 aromatic rings. The van der Waals surface area contributed by atoms with Crippen molar-refractivity contribution in [2.45, 2.75) is 48.8 Å². The molecule has 1 saturated carbocycles. The smallest absolute Gasteiger partial charge is 0.233 e. The Labute approximate surface area is 119 Å². The van der Waals surface area contributed by atoms with E-state index in [0.29, 0.717) is 6.04 Å². The monoisotopic (exact) mass is 279 g/mol. The zero-order valence-corrected chi connectivity index (χ0v) is 12.3. The fourth-order valence-corrected chi connectivity index (χ4v) is 3.33. The number of hydrogen-bond acceptors (Lipinski definition) is 3. The summed E-state index contributed by atoms with van der Waals surface area (Å²) in [5.74, 6) is 0.954. The van der Waals surface area contributed by atoms with Crippen LogP contribution in [-0.4, -0.2) is 24.3 Å². The molecule has 0 aromatic heterocycles. The lowest BCUT2D eigenvalue weighted by molar-refractivity contribution is -0.120. The van der Waals surface area contributed by atoms with Gasteiger partial charge in [0.25, 0.3) is 0 Å². The van der Waals surface area contributed by atoms with Gasteiger partial charge in [0, 0.05) is 6.04 Å². The summed E-state index contributed by atoms with van der Waals surface area (Å²) >= 11 is 1.55. The molecule has 3 nitrogen and oxygen atoms in total. The highest BCUT2D eigenvalue weighted by molar-refractivity contribution is 8.00. The number of benzene rings is 1. The van der Waals surface area contributed by atoms with Gasteiger partial charge in [-0.15, -0.1) is 11.8 Å². The first-order valence-electron chi connectivity index (χ1n) is 6.80. The van der Waals surface area contributed by atoms with Gasteiger partial charge in [0.05, 0.1) is 17.3 Å². The minimum Gasteiger partial charge on any atom is -0.496 e. The average Bonchev–Trinajstić information content (AvgIpc) is 2.92. The van der Waals surface area contributed by atoms with Gasteiger partial charge in [0.2, 0.25) is 5.91 Å². The van der Waals surface area contributed by atoms with Crippen molar-refractivity contribution in [1.29, 1.82) is 0 Å². The molecule has 1 atom stereocenters. The molecular weight excluding hydrogens is 258 g/mol. The van der Waals surface area contributed by atoms with E-state index in [0.717, 1.165) is 23.5 Å². The van der Waals surface area contributed by atoms with E-state index in [4.69, 9.17) is 4.74 Å². The minimum absolute atomic E-state index is 0.100. The van der Waals surface area contributed by atoms with Crippen LogP contribution in [-0.2, 0) is 4.79 Å². The largest absolute Gasteiger partial charge is 0.496 e. The average molecular weight is 279 g/mol. The Morgan fingerprint density at radius 3 is 2.74 bits per heavy atom. The number of ether oxygens (including phenoxy) is 1. The second-order valence-electron chi connectivity index (χ2n) is 4.90. The summed E-state index contributed by atoms with van der Waals surface area (Å²) in [6.07, 6.45) is 4.72. The molecule has 19 heavy (non-hydrogen) atoms. The van der Waals surface area contributed by atoms with E-state index >= 15 is 0 Å². The van der Waals surface area contributed by atoms with Crippen LogP contribution in [0.1, 0.15) is 32.6 Å². The number of rotatable bonds is 5. The predicted octanol–water partition coefficient (Wildman–Crippen LogP) is 3.23. The maximum atomic E-state index is 12.1. The molecule has 0 bridgehead atoms. The third kappa shape index (κ3) is 3.90. The molecule has 0 radical (unpaired) electrons. The molecule has 104 valence electrons. The van der Waals surface area contributed by atoms with E-state index in [2.05, 4.69) is 5.32 Å². The Hall–Kier alpha value is -1.16. The van der Waals surface area contributed by atoms with E-state index in [1.807, 2.05) is 31.2 Å². The standard InChI is InChI=1S/C15H21NO2S/c1-11(15(17)16-12-7-3-4-8-12)19-14-10-6-5-9-13(14)18-2/h5-6,9-12H,3-4,7-8H2,1-2H3,(H,16,17)/t11-/m0/s1. The molecule has 4 heteroatoms. The van der Waals surface area contributed by atoms with Crippen LogP contribution in [0.2, 0.25) is 0 Å². The first-order chi connectivity index (χ1) is 9.20. The Bertz CT molecular complexity index is 430. The minimum atomic E-state index is -0.100. The first kappa shape index (κ1) is 14.3. The topological polar surface area (TPSA) is 38.3 Å². The van der Waals surface area contributed by atoms with Crippen LogP contribution in [0.25, 0.3) is 0 Å². The van der Waals surface area contributed by atoms with Gasteiger partial charge in [0.1, 0.15) is 5.75 Å². The number of amides is 1. The zero-order chi connectivity index (χ0) is 13.7. The predicted molar refractivity (Wildman–Crippen MR) is 78.7 cm³/mol. The Morgan fingerprint density at radius 1 is 1.37 bits per heavy atom. The van der Waals surface area contributed by atoms with Crippen molar-refractivity contribution in [2.24, 2.45) is 0 Å². The summed E-state index contributed by atoms with van der Waals surface area (Å²) in [5, 5.41) is 3.04. The molecule has 0 saturated heterocycles. The van der Waals surface area contributed by atoms with Crippen molar-refractivity contribution in [1.82, 2.24) is 5.32 Å². The fraction of sp³-hybridized carbons (Fsp3) is 0.533. The summed E-state index contributed by atoms with van der Waals surface area (Å²) in [6.45, 7) is 1.95. The highest BCUT2D eigenvalue weighted by Crippen LogP contribution is 2.32. The van der Waals surface area contributed by atoms with Crippen molar-refractivity contribution in [3.8, 4) is 5.75 Å². The number of thioether (sulfide) groups is 1. The number of carbonyl (C=O) groups is 1. The van der Waals surface area contributed by atoms with Gasteiger partial charge in [0.15, 0.2) is 0 Å². The number of para-hydroxylation sites is 1. The molecule has 0 aliphatic heterocycles. The normalized spacial score (nSPS) is 17.2. The molecule has 0 heterocycles. The van der Waals surface area contributed by atoms with Gasteiger partial charge >= 0.3 is 0 Å². The summed E-state index contributed by atoms with van der Waals surface area (Å²) in [6, 6.07) is 8.19. The Morgan fingerprint density at radius 2 is 2.05 bits per heavy atom. The van der Waals surface area contributed by atoms with Crippen molar-refractivity contribution in [2.75, 3.05) is 7.11 Å². The molecule has 0 unspecified atom stereocenters. The Balaban J connectivity index is 1.92. The molecular formula is C15H21NO2S. The summed E-state index contributed by atoms with van der Waals surface area (Å²) < 4.78 is 5.31. The van der Waals surface area contributed by atoms with Gasteiger partial charge in [-0.3, -0.25) is 4.79 Å². The molecule has 1 fully saturated rings. The highest BCUT2D eigenvalue weighted by Gasteiger charge is 2.21. The second kappa shape index (κ2) is 6.85. The van der Waals surface area contributed by atoms with Crippen LogP contribution in [0.3, 0.4) is 0 Å². The molecule has 1 aliphatic rings. The van der Waals surface area contributed by atoms with Gasteiger partial charge in [-0.05, 0) is 31.9 Å². The molecule has 2 rings (SSSR count). The molecule has 0 spiro atoms. The molecule has 1 aromatic carbocycles. The van der Waals surface area contributed by atoms with Crippen molar-refractivity contribution < 1.29 is 9.53 Å². The first-order valence-corrected chi connectivity index (χ1v) is 7.68. The maximum Gasteiger partial charge on any atom is 0.233 e. The van der Waals surface area contributed by atoms with Gasteiger partial charge in [-0.25, -0.2) is 0 Å². The van der Waals surface area contributed by atoms with Crippen LogP contribution < -0.4 is 10.1 Å².